The van der Waals surface area contributed by atoms with E-state index >= 15 is 0 Å². The van der Waals surface area contributed by atoms with E-state index in [0.29, 0.717) is 5.69 Å². The Morgan fingerprint density at radius 2 is 1.88 bits per heavy atom. The molecule has 26 heavy (non-hydrogen) atoms. The van der Waals surface area contributed by atoms with Gasteiger partial charge in [-0.1, -0.05) is 37.3 Å². The summed E-state index contributed by atoms with van der Waals surface area (Å²) < 4.78 is 5.35. The van der Waals surface area contributed by atoms with Gasteiger partial charge in [0.1, 0.15) is 6.61 Å². The standard InChI is InChI=1S/C20H23N3O3/c1-13-14(2)23(15(3)24)17-10-7-11-21-19(17)18(13)22-20(25)26-12-16-8-5-4-6-9-16/h4-11,13-14,18H,12H2,1-3H3,(H,22,25)/t13?,14-,18?/m0/s1. The Balaban J connectivity index is 1.77. The highest BCUT2D eigenvalue weighted by Crippen LogP contribution is 2.39. The maximum Gasteiger partial charge on any atom is 0.408 e. The average molecular weight is 353 g/mol. The lowest BCUT2D eigenvalue weighted by molar-refractivity contribution is -0.117. The molecule has 1 N–H and O–H groups in total. The van der Waals surface area contributed by atoms with Gasteiger partial charge in [0.2, 0.25) is 5.91 Å². The lowest BCUT2D eigenvalue weighted by Gasteiger charge is -2.42. The fourth-order valence-corrected chi connectivity index (χ4v) is 3.38. The number of pyridine rings is 1. The number of carbonyl (C=O) groups is 2. The molecule has 136 valence electrons. The van der Waals surface area contributed by atoms with Crippen molar-refractivity contribution in [3.63, 3.8) is 0 Å². The summed E-state index contributed by atoms with van der Waals surface area (Å²) in [5, 5.41) is 2.92. The largest absolute Gasteiger partial charge is 0.445 e. The smallest absolute Gasteiger partial charge is 0.408 e. The fraction of sp³-hybridized carbons (Fsp3) is 0.350. The van der Waals surface area contributed by atoms with Crippen LogP contribution in [-0.2, 0) is 16.1 Å². The third kappa shape index (κ3) is 3.54. The highest BCUT2D eigenvalue weighted by atomic mass is 16.5. The van der Waals surface area contributed by atoms with Crippen LogP contribution < -0.4 is 10.2 Å². The van der Waals surface area contributed by atoms with Gasteiger partial charge < -0.3 is 15.0 Å². The van der Waals surface area contributed by atoms with Crippen LogP contribution in [0, 0.1) is 5.92 Å². The van der Waals surface area contributed by atoms with Crippen molar-refractivity contribution in [1.29, 1.82) is 0 Å². The molecule has 0 fully saturated rings. The number of benzene rings is 1. The number of amides is 2. The van der Waals surface area contributed by atoms with E-state index in [-0.39, 0.29) is 30.5 Å². The number of nitrogens with zero attached hydrogens (tertiary/aromatic N) is 2. The molecular formula is C20H23N3O3. The van der Waals surface area contributed by atoms with Gasteiger partial charge in [-0.25, -0.2) is 4.79 Å². The summed E-state index contributed by atoms with van der Waals surface area (Å²) in [6, 6.07) is 12.8. The summed E-state index contributed by atoms with van der Waals surface area (Å²) in [5.41, 5.74) is 2.35. The second-order valence-corrected chi connectivity index (χ2v) is 6.58. The van der Waals surface area contributed by atoms with E-state index in [9.17, 15) is 9.59 Å². The van der Waals surface area contributed by atoms with Crippen LogP contribution in [0.2, 0.25) is 0 Å². The first-order valence-corrected chi connectivity index (χ1v) is 8.71. The Morgan fingerprint density at radius 3 is 2.58 bits per heavy atom. The third-order valence-corrected chi connectivity index (χ3v) is 4.89. The number of aromatic nitrogens is 1. The minimum absolute atomic E-state index is 0.00873. The number of alkyl carbamates (subject to hydrolysis) is 1. The molecule has 1 aliphatic rings. The average Bonchev–Trinajstić information content (AvgIpc) is 2.64. The normalized spacial score (nSPS) is 21.7. The number of nitrogens with one attached hydrogen (secondary N) is 1. The van der Waals surface area contributed by atoms with Crippen LogP contribution in [0.3, 0.4) is 0 Å². The minimum Gasteiger partial charge on any atom is -0.445 e. The molecule has 2 unspecified atom stereocenters. The molecule has 2 heterocycles. The highest BCUT2D eigenvalue weighted by molar-refractivity contribution is 5.93. The molecule has 2 amide bonds. The Kier molecular flexibility index (Phi) is 5.21. The van der Waals surface area contributed by atoms with Crippen molar-refractivity contribution >= 4 is 17.7 Å². The zero-order chi connectivity index (χ0) is 18.7. The van der Waals surface area contributed by atoms with Gasteiger partial charge in [0, 0.05) is 25.1 Å². The van der Waals surface area contributed by atoms with Gasteiger partial charge in [0.05, 0.1) is 17.4 Å². The molecule has 0 saturated heterocycles. The topological polar surface area (TPSA) is 71.5 Å². The second-order valence-electron chi connectivity index (χ2n) is 6.58. The first kappa shape index (κ1) is 17.9. The third-order valence-electron chi connectivity index (χ3n) is 4.89. The van der Waals surface area contributed by atoms with Gasteiger partial charge in [0.15, 0.2) is 0 Å². The molecule has 6 heteroatoms. The molecule has 0 aliphatic carbocycles. The zero-order valence-corrected chi connectivity index (χ0v) is 15.2. The van der Waals surface area contributed by atoms with E-state index < -0.39 is 6.09 Å². The first-order chi connectivity index (χ1) is 12.5. The Morgan fingerprint density at radius 1 is 1.15 bits per heavy atom. The van der Waals surface area contributed by atoms with Gasteiger partial charge >= 0.3 is 6.09 Å². The van der Waals surface area contributed by atoms with Crippen LogP contribution in [0.25, 0.3) is 0 Å². The number of anilines is 1. The first-order valence-electron chi connectivity index (χ1n) is 8.71. The quantitative estimate of drug-likeness (QED) is 0.917. The van der Waals surface area contributed by atoms with E-state index in [1.54, 1.807) is 24.1 Å². The Bertz CT molecular complexity index is 794. The molecule has 1 aliphatic heterocycles. The summed E-state index contributed by atoms with van der Waals surface area (Å²) in [6.45, 7) is 5.73. The van der Waals surface area contributed by atoms with Crippen LogP contribution >= 0.6 is 0 Å². The molecule has 6 nitrogen and oxygen atoms in total. The molecule has 1 aromatic carbocycles. The molecule has 2 aromatic rings. The lowest BCUT2D eigenvalue weighted by Crippen LogP contribution is -2.51. The number of hydrogen-bond donors (Lipinski definition) is 1. The van der Waals surface area contributed by atoms with Crippen molar-refractivity contribution < 1.29 is 14.3 Å². The summed E-state index contributed by atoms with van der Waals surface area (Å²) >= 11 is 0. The fourth-order valence-electron chi connectivity index (χ4n) is 3.38. The molecule has 0 bridgehead atoms. The second kappa shape index (κ2) is 7.56. The molecule has 1 aromatic heterocycles. The monoisotopic (exact) mass is 353 g/mol. The lowest BCUT2D eigenvalue weighted by atomic mass is 9.85. The molecule has 0 spiro atoms. The summed E-state index contributed by atoms with van der Waals surface area (Å²) in [6.07, 6.45) is 1.18. The van der Waals surface area contributed by atoms with Gasteiger partial charge in [0.25, 0.3) is 0 Å². The van der Waals surface area contributed by atoms with Gasteiger partial charge in [-0.05, 0) is 24.6 Å². The van der Waals surface area contributed by atoms with Gasteiger partial charge in [-0.15, -0.1) is 0 Å². The van der Waals surface area contributed by atoms with Crippen molar-refractivity contribution in [2.45, 2.75) is 39.5 Å². The summed E-state index contributed by atoms with van der Waals surface area (Å²) in [4.78, 5) is 30.6. The van der Waals surface area contributed by atoms with E-state index in [0.717, 1.165) is 11.3 Å². The van der Waals surface area contributed by atoms with Crippen molar-refractivity contribution in [2.24, 2.45) is 5.92 Å². The SMILES string of the molecule is CC(=O)N1c2cccnc2C(NC(=O)OCc2ccccc2)C(C)[C@@H]1C. The van der Waals surface area contributed by atoms with Crippen molar-refractivity contribution in [2.75, 3.05) is 4.90 Å². The Labute approximate surface area is 153 Å². The zero-order valence-electron chi connectivity index (χ0n) is 15.2. The predicted octanol–water partition coefficient (Wildman–Crippen LogP) is 3.44. The maximum atomic E-state index is 12.3. The molecule has 3 rings (SSSR count). The van der Waals surface area contributed by atoms with Crippen LogP contribution in [0.4, 0.5) is 10.5 Å². The molecule has 0 radical (unpaired) electrons. The van der Waals surface area contributed by atoms with Crippen LogP contribution in [-0.4, -0.2) is 23.0 Å². The Hall–Kier alpha value is -2.89. The highest BCUT2D eigenvalue weighted by Gasteiger charge is 2.39. The summed E-state index contributed by atoms with van der Waals surface area (Å²) in [7, 11) is 0. The van der Waals surface area contributed by atoms with Crippen LogP contribution in [0.15, 0.2) is 48.7 Å². The van der Waals surface area contributed by atoms with E-state index in [4.69, 9.17) is 4.74 Å². The van der Waals surface area contributed by atoms with Gasteiger partial charge in [-0.3, -0.25) is 9.78 Å². The molecule has 3 atom stereocenters. The van der Waals surface area contributed by atoms with Crippen LogP contribution in [0.5, 0.6) is 0 Å². The maximum absolute atomic E-state index is 12.3. The predicted molar refractivity (Wildman–Crippen MR) is 98.5 cm³/mol. The number of carbonyl (C=O) groups excluding carboxylic acids is 2. The van der Waals surface area contributed by atoms with Crippen molar-refractivity contribution in [3.8, 4) is 0 Å². The van der Waals surface area contributed by atoms with Crippen molar-refractivity contribution in [1.82, 2.24) is 10.3 Å². The number of ether oxygens (including phenoxy) is 1. The molecule has 0 saturated carbocycles. The number of hydrogen-bond acceptors (Lipinski definition) is 4. The van der Waals surface area contributed by atoms with Crippen LogP contribution in [0.1, 0.15) is 38.1 Å². The number of rotatable bonds is 3. The molecular weight excluding hydrogens is 330 g/mol. The van der Waals surface area contributed by atoms with E-state index in [1.807, 2.05) is 50.2 Å². The number of fused-ring (bicyclic) bond motifs is 1. The minimum atomic E-state index is -0.495. The summed E-state index contributed by atoms with van der Waals surface area (Å²) in [5.74, 6) is -0.0470. The van der Waals surface area contributed by atoms with Crippen molar-refractivity contribution in [3.05, 3.63) is 59.9 Å². The van der Waals surface area contributed by atoms with E-state index in [2.05, 4.69) is 10.3 Å². The van der Waals surface area contributed by atoms with E-state index in [1.165, 1.54) is 0 Å². The van der Waals surface area contributed by atoms with Gasteiger partial charge in [-0.2, -0.15) is 0 Å².